The lowest BCUT2D eigenvalue weighted by molar-refractivity contribution is -0.153. The summed E-state index contributed by atoms with van der Waals surface area (Å²) < 4.78 is 0. The highest BCUT2D eigenvalue weighted by atomic mass is 16.4. The fourth-order valence-electron chi connectivity index (χ4n) is 2.56. The number of nitrogens with zero attached hydrogens (tertiary/aromatic N) is 1. The van der Waals surface area contributed by atoms with Crippen LogP contribution in [0.1, 0.15) is 52.4 Å². The Hall–Kier alpha value is -0.570. The van der Waals surface area contributed by atoms with Crippen molar-refractivity contribution >= 4 is 5.97 Å². The first-order valence-corrected chi connectivity index (χ1v) is 6.43. The normalized spacial score (nSPS) is 20.3. The molecule has 0 unspecified atom stereocenters. The minimum absolute atomic E-state index is 0.576. The number of likely N-dealkylation sites (N-methyl/N-ethyl adjacent to an activating group) is 1. The van der Waals surface area contributed by atoms with Gasteiger partial charge in [0.05, 0.1) is 0 Å². The van der Waals surface area contributed by atoms with Gasteiger partial charge in [-0.05, 0) is 38.8 Å². The predicted molar refractivity (Wildman–Crippen MR) is 65.5 cm³/mol. The Morgan fingerprint density at radius 3 is 2.31 bits per heavy atom. The Morgan fingerprint density at radius 2 is 1.88 bits per heavy atom. The molecule has 94 valence electrons. The Labute approximate surface area is 98.8 Å². The molecule has 1 rings (SSSR count). The lowest BCUT2D eigenvalue weighted by atomic mass is 9.80. The second kappa shape index (κ2) is 5.67. The molecule has 0 aliphatic heterocycles. The highest BCUT2D eigenvalue weighted by Crippen LogP contribution is 2.33. The molecular weight excluding hydrogens is 202 g/mol. The zero-order valence-electron chi connectivity index (χ0n) is 10.8. The molecular formula is C13H25NO2. The van der Waals surface area contributed by atoms with Crippen LogP contribution in [-0.2, 0) is 4.79 Å². The molecule has 1 saturated carbocycles. The van der Waals surface area contributed by atoms with Crippen molar-refractivity contribution in [1.29, 1.82) is 0 Å². The van der Waals surface area contributed by atoms with Crippen LogP contribution < -0.4 is 0 Å². The third-order valence-corrected chi connectivity index (χ3v) is 3.85. The largest absolute Gasteiger partial charge is 0.480 e. The third kappa shape index (κ3) is 2.97. The van der Waals surface area contributed by atoms with E-state index in [0.29, 0.717) is 5.92 Å². The second-order valence-electron chi connectivity index (χ2n) is 5.50. The van der Waals surface area contributed by atoms with Gasteiger partial charge < -0.3 is 5.11 Å². The van der Waals surface area contributed by atoms with Gasteiger partial charge in [-0.1, -0.05) is 33.1 Å². The molecule has 3 nitrogen and oxygen atoms in total. The highest BCUT2D eigenvalue weighted by Gasteiger charge is 2.42. The maximum Gasteiger partial charge on any atom is 0.324 e. The van der Waals surface area contributed by atoms with Crippen molar-refractivity contribution in [3.8, 4) is 0 Å². The van der Waals surface area contributed by atoms with Gasteiger partial charge >= 0.3 is 5.97 Å². The molecule has 0 radical (unpaired) electrons. The summed E-state index contributed by atoms with van der Waals surface area (Å²) in [4.78, 5) is 13.6. The molecule has 1 aliphatic carbocycles. The van der Waals surface area contributed by atoms with Gasteiger partial charge in [-0.2, -0.15) is 0 Å². The van der Waals surface area contributed by atoms with E-state index in [9.17, 15) is 9.90 Å². The summed E-state index contributed by atoms with van der Waals surface area (Å²) in [6.45, 7) is 5.26. The van der Waals surface area contributed by atoms with Gasteiger partial charge in [0.2, 0.25) is 0 Å². The van der Waals surface area contributed by atoms with E-state index >= 15 is 0 Å². The topological polar surface area (TPSA) is 40.5 Å². The monoisotopic (exact) mass is 227 g/mol. The molecule has 0 amide bonds. The molecule has 0 aromatic rings. The van der Waals surface area contributed by atoms with E-state index in [0.717, 1.165) is 38.6 Å². The molecule has 0 bridgehead atoms. The summed E-state index contributed by atoms with van der Waals surface area (Å²) in [5.74, 6) is 0.00958. The van der Waals surface area contributed by atoms with Gasteiger partial charge in [0.15, 0.2) is 0 Å². The zero-order chi connectivity index (χ0) is 12.2. The van der Waals surface area contributed by atoms with E-state index in [1.807, 2.05) is 7.05 Å². The van der Waals surface area contributed by atoms with E-state index in [1.165, 1.54) is 6.42 Å². The van der Waals surface area contributed by atoms with Crippen molar-refractivity contribution in [2.75, 3.05) is 13.6 Å². The molecule has 0 atom stereocenters. The lowest BCUT2D eigenvalue weighted by Gasteiger charge is -2.41. The van der Waals surface area contributed by atoms with E-state index in [1.54, 1.807) is 0 Å². The van der Waals surface area contributed by atoms with Gasteiger partial charge in [0, 0.05) is 0 Å². The van der Waals surface area contributed by atoms with Gasteiger partial charge in [0.25, 0.3) is 0 Å². The maximum absolute atomic E-state index is 11.5. The van der Waals surface area contributed by atoms with Crippen molar-refractivity contribution in [3.05, 3.63) is 0 Å². The van der Waals surface area contributed by atoms with Crippen LogP contribution in [0.4, 0.5) is 0 Å². The van der Waals surface area contributed by atoms with Crippen LogP contribution in [0, 0.1) is 5.92 Å². The Kier molecular flexibility index (Phi) is 4.78. The molecule has 0 heterocycles. The van der Waals surface area contributed by atoms with Gasteiger partial charge in [-0.3, -0.25) is 9.69 Å². The lowest BCUT2D eigenvalue weighted by Crippen LogP contribution is -2.54. The van der Waals surface area contributed by atoms with Crippen molar-refractivity contribution < 1.29 is 9.90 Å². The Morgan fingerprint density at radius 1 is 1.31 bits per heavy atom. The van der Waals surface area contributed by atoms with Crippen LogP contribution in [0.2, 0.25) is 0 Å². The number of carboxylic acids is 1. The summed E-state index contributed by atoms with van der Waals surface area (Å²) in [6, 6.07) is 0. The molecule has 16 heavy (non-hydrogen) atoms. The minimum Gasteiger partial charge on any atom is -0.480 e. The van der Waals surface area contributed by atoms with Gasteiger partial charge in [-0.15, -0.1) is 0 Å². The first-order valence-electron chi connectivity index (χ1n) is 6.43. The maximum atomic E-state index is 11.5. The van der Waals surface area contributed by atoms with Crippen LogP contribution in [0.5, 0.6) is 0 Å². The summed E-state index contributed by atoms with van der Waals surface area (Å²) >= 11 is 0. The van der Waals surface area contributed by atoms with Crippen LogP contribution in [0.25, 0.3) is 0 Å². The Balaban J connectivity index is 2.64. The van der Waals surface area contributed by atoms with E-state index in [4.69, 9.17) is 0 Å². The zero-order valence-corrected chi connectivity index (χ0v) is 10.8. The fourth-order valence-corrected chi connectivity index (χ4v) is 2.56. The average Bonchev–Trinajstić information content (AvgIpc) is 2.26. The van der Waals surface area contributed by atoms with Gasteiger partial charge in [0.1, 0.15) is 5.54 Å². The molecule has 0 spiro atoms. The molecule has 0 aromatic carbocycles. The second-order valence-corrected chi connectivity index (χ2v) is 5.50. The van der Waals surface area contributed by atoms with E-state index < -0.39 is 11.5 Å². The molecule has 0 aromatic heterocycles. The molecule has 3 heteroatoms. The summed E-state index contributed by atoms with van der Waals surface area (Å²) in [5.41, 5.74) is -0.576. The quantitative estimate of drug-likeness (QED) is 0.785. The minimum atomic E-state index is -0.626. The fraction of sp³-hybridized carbons (Fsp3) is 0.923. The SMILES string of the molecule is CC(C)CCN(C)C1(C(=O)O)CCCCC1. The number of aliphatic carboxylic acids is 1. The number of carbonyl (C=O) groups is 1. The number of carboxylic acid groups (broad SMARTS) is 1. The van der Waals surface area contributed by atoms with E-state index in [2.05, 4.69) is 18.7 Å². The van der Waals surface area contributed by atoms with Crippen LogP contribution in [-0.4, -0.2) is 35.1 Å². The smallest absolute Gasteiger partial charge is 0.324 e. The van der Waals surface area contributed by atoms with Crippen LogP contribution in [0.3, 0.4) is 0 Å². The standard InChI is InChI=1S/C13H25NO2/c1-11(2)7-10-14(3)13(12(15)16)8-5-4-6-9-13/h11H,4-10H2,1-3H3,(H,15,16). The first-order chi connectivity index (χ1) is 7.49. The van der Waals surface area contributed by atoms with Crippen molar-refractivity contribution in [2.45, 2.75) is 57.9 Å². The predicted octanol–water partition coefficient (Wildman–Crippen LogP) is 2.75. The summed E-state index contributed by atoms with van der Waals surface area (Å²) in [6.07, 6.45) is 6.00. The van der Waals surface area contributed by atoms with Crippen molar-refractivity contribution in [3.63, 3.8) is 0 Å². The first kappa shape index (κ1) is 13.5. The summed E-state index contributed by atoms with van der Waals surface area (Å²) in [5, 5.41) is 9.48. The van der Waals surface area contributed by atoms with Gasteiger partial charge in [-0.25, -0.2) is 0 Å². The molecule has 1 aliphatic rings. The van der Waals surface area contributed by atoms with Crippen molar-refractivity contribution in [1.82, 2.24) is 4.90 Å². The van der Waals surface area contributed by atoms with Crippen LogP contribution >= 0.6 is 0 Å². The van der Waals surface area contributed by atoms with Crippen LogP contribution in [0.15, 0.2) is 0 Å². The average molecular weight is 227 g/mol. The van der Waals surface area contributed by atoms with Crippen molar-refractivity contribution in [2.24, 2.45) is 5.92 Å². The highest BCUT2D eigenvalue weighted by molar-refractivity contribution is 5.78. The number of hydrogen-bond donors (Lipinski definition) is 1. The molecule has 1 N–H and O–H groups in total. The molecule has 1 fully saturated rings. The van der Waals surface area contributed by atoms with E-state index in [-0.39, 0.29) is 0 Å². The Bertz CT molecular complexity index is 232. The molecule has 0 saturated heterocycles. The number of rotatable bonds is 5. The summed E-state index contributed by atoms with van der Waals surface area (Å²) in [7, 11) is 1.97. The number of hydrogen-bond acceptors (Lipinski definition) is 2. The third-order valence-electron chi connectivity index (χ3n) is 3.85.